The number of nitrogen functional groups attached to an aromatic ring is 1. The summed E-state index contributed by atoms with van der Waals surface area (Å²) in [5, 5.41) is 19.3. The summed E-state index contributed by atoms with van der Waals surface area (Å²) < 4.78 is 13.1. The molecule has 6 heteroatoms. The molecule has 4 N–H and O–H groups in total. The average molecular weight is 299 g/mol. The van der Waals surface area contributed by atoms with Crippen molar-refractivity contribution in [3.05, 3.63) is 28.5 Å². The lowest BCUT2D eigenvalue weighted by atomic mass is 10.0. The fraction of sp³-hybridized carbons (Fsp3) is 0.333. The van der Waals surface area contributed by atoms with Gasteiger partial charge in [-0.25, -0.2) is 4.39 Å². The van der Waals surface area contributed by atoms with Crippen LogP contribution in [0.4, 0.5) is 10.1 Å². The second-order valence-electron chi connectivity index (χ2n) is 3.06. The SMILES string of the molecule is Nc1cc(Cl)c(C(O)C(O)CBr)cc1F. The number of rotatable bonds is 3. The zero-order valence-corrected chi connectivity index (χ0v) is 9.96. The molecule has 0 saturated carbocycles. The number of aliphatic hydroxyl groups is 2. The van der Waals surface area contributed by atoms with Crippen LogP contribution >= 0.6 is 27.5 Å². The Labute approximate surface area is 99.8 Å². The maximum absolute atomic E-state index is 13.1. The topological polar surface area (TPSA) is 66.5 Å². The second kappa shape index (κ2) is 5.12. The molecule has 0 aliphatic carbocycles. The van der Waals surface area contributed by atoms with Gasteiger partial charge in [0.05, 0.1) is 11.8 Å². The Kier molecular flexibility index (Phi) is 4.33. The molecule has 15 heavy (non-hydrogen) atoms. The van der Waals surface area contributed by atoms with Crippen molar-refractivity contribution >= 4 is 33.2 Å². The van der Waals surface area contributed by atoms with Crippen molar-refractivity contribution in [2.24, 2.45) is 0 Å². The Bertz CT molecular complexity index is 364. The minimum Gasteiger partial charge on any atom is -0.396 e. The quantitative estimate of drug-likeness (QED) is 0.589. The summed E-state index contributed by atoms with van der Waals surface area (Å²) in [6.07, 6.45) is -2.29. The lowest BCUT2D eigenvalue weighted by molar-refractivity contribution is 0.0342. The summed E-state index contributed by atoms with van der Waals surface area (Å²) in [6.45, 7) is 0. The zero-order valence-electron chi connectivity index (χ0n) is 7.62. The van der Waals surface area contributed by atoms with Crippen LogP contribution in [-0.2, 0) is 0 Å². The minimum absolute atomic E-state index is 0.0933. The van der Waals surface area contributed by atoms with E-state index in [1.807, 2.05) is 0 Å². The fourth-order valence-corrected chi connectivity index (χ4v) is 1.73. The van der Waals surface area contributed by atoms with E-state index in [0.29, 0.717) is 0 Å². The van der Waals surface area contributed by atoms with Crippen LogP contribution in [0.3, 0.4) is 0 Å². The van der Waals surface area contributed by atoms with Gasteiger partial charge in [0.1, 0.15) is 11.9 Å². The summed E-state index contributed by atoms with van der Waals surface area (Å²) in [4.78, 5) is 0. The normalized spacial score (nSPS) is 15.0. The van der Waals surface area contributed by atoms with Crippen molar-refractivity contribution in [2.75, 3.05) is 11.1 Å². The third kappa shape index (κ3) is 2.81. The van der Waals surface area contributed by atoms with Crippen molar-refractivity contribution in [3.63, 3.8) is 0 Å². The first-order valence-corrected chi connectivity index (χ1v) is 5.63. The van der Waals surface area contributed by atoms with Crippen molar-refractivity contribution in [3.8, 4) is 0 Å². The van der Waals surface area contributed by atoms with E-state index in [1.165, 1.54) is 6.07 Å². The van der Waals surface area contributed by atoms with E-state index in [9.17, 15) is 14.6 Å². The Morgan fingerprint density at radius 3 is 2.60 bits per heavy atom. The van der Waals surface area contributed by atoms with Gasteiger partial charge in [-0.05, 0) is 12.1 Å². The molecule has 1 aromatic carbocycles. The second-order valence-corrected chi connectivity index (χ2v) is 4.12. The molecule has 0 fully saturated rings. The van der Waals surface area contributed by atoms with Crippen LogP contribution in [0.25, 0.3) is 0 Å². The highest BCUT2D eigenvalue weighted by molar-refractivity contribution is 9.09. The summed E-state index contributed by atoms with van der Waals surface area (Å²) >= 11 is 8.76. The summed E-state index contributed by atoms with van der Waals surface area (Å²) in [7, 11) is 0. The highest BCUT2D eigenvalue weighted by Gasteiger charge is 2.21. The average Bonchev–Trinajstić information content (AvgIpc) is 2.21. The van der Waals surface area contributed by atoms with Gasteiger partial charge in [-0.15, -0.1) is 0 Å². The summed E-state index contributed by atoms with van der Waals surface area (Å²) in [5.41, 5.74) is 5.31. The zero-order chi connectivity index (χ0) is 11.6. The fourth-order valence-electron chi connectivity index (χ4n) is 1.10. The van der Waals surface area contributed by atoms with Gasteiger partial charge in [-0.1, -0.05) is 27.5 Å². The molecule has 0 spiro atoms. The maximum atomic E-state index is 13.1. The van der Waals surface area contributed by atoms with Crippen molar-refractivity contribution < 1.29 is 14.6 Å². The van der Waals surface area contributed by atoms with Crippen molar-refractivity contribution in [1.82, 2.24) is 0 Å². The van der Waals surface area contributed by atoms with Crippen LogP contribution in [0.1, 0.15) is 11.7 Å². The molecule has 84 valence electrons. The van der Waals surface area contributed by atoms with Gasteiger partial charge >= 0.3 is 0 Å². The Balaban J connectivity index is 3.09. The highest BCUT2D eigenvalue weighted by atomic mass is 79.9. The predicted octanol–water partition coefficient (Wildman–Crippen LogP) is 1.85. The minimum atomic E-state index is -1.24. The molecule has 3 nitrogen and oxygen atoms in total. The van der Waals surface area contributed by atoms with Gasteiger partial charge in [-0.2, -0.15) is 0 Å². The van der Waals surface area contributed by atoms with Gasteiger partial charge in [0.2, 0.25) is 0 Å². The highest BCUT2D eigenvalue weighted by Crippen LogP contribution is 2.29. The predicted molar refractivity (Wildman–Crippen MR) is 60.6 cm³/mol. The van der Waals surface area contributed by atoms with E-state index < -0.39 is 18.0 Å². The Morgan fingerprint density at radius 2 is 2.07 bits per heavy atom. The molecule has 0 saturated heterocycles. The number of aliphatic hydroxyl groups excluding tert-OH is 2. The first-order valence-electron chi connectivity index (χ1n) is 4.14. The van der Waals surface area contributed by atoms with E-state index in [2.05, 4.69) is 15.9 Å². The van der Waals surface area contributed by atoms with E-state index in [-0.39, 0.29) is 21.6 Å². The molecule has 2 atom stereocenters. The monoisotopic (exact) mass is 297 g/mol. The van der Waals surface area contributed by atoms with Gasteiger partial charge in [0, 0.05) is 15.9 Å². The summed E-state index contributed by atoms with van der Waals surface area (Å²) in [6, 6.07) is 2.23. The third-order valence-electron chi connectivity index (χ3n) is 1.96. The molecule has 0 bridgehead atoms. The molecule has 2 unspecified atom stereocenters. The number of anilines is 1. The lowest BCUT2D eigenvalue weighted by Crippen LogP contribution is -2.20. The standard InChI is InChI=1S/C9H10BrClFNO2/c10-3-8(14)9(15)4-1-6(12)7(13)2-5(4)11/h1-2,8-9,14-15H,3,13H2. The molecule has 0 aromatic heterocycles. The van der Waals surface area contributed by atoms with E-state index in [4.69, 9.17) is 17.3 Å². The molecule has 0 aliphatic heterocycles. The van der Waals surface area contributed by atoms with Crippen LogP contribution < -0.4 is 5.73 Å². The largest absolute Gasteiger partial charge is 0.396 e. The molecule has 0 radical (unpaired) electrons. The maximum Gasteiger partial charge on any atom is 0.146 e. The van der Waals surface area contributed by atoms with Gasteiger partial charge < -0.3 is 15.9 Å². The number of nitrogens with two attached hydrogens (primary N) is 1. The van der Waals surface area contributed by atoms with Crippen LogP contribution in [0.15, 0.2) is 12.1 Å². The molecule has 0 heterocycles. The van der Waals surface area contributed by atoms with Crippen molar-refractivity contribution in [1.29, 1.82) is 0 Å². The summed E-state index contributed by atoms with van der Waals surface area (Å²) in [5.74, 6) is -0.671. The number of hydrogen-bond acceptors (Lipinski definition) is 3. The van der Waals surface area contributed by atoms with Gasteiger partial charge in [0.25, 0.3) is 0 Å². The Hall–Kier alpha value is -0.360. The smallest absolute Gasteiger partial charge is 0.146 e. The molecule has 0 aliphatic rings. The first-order chi connectivity index (χ1) is 6.97. The van der Waals surface area contributed by atoms with Crippen LogP contribution in [-0.4, -0.2) is 21.6 Å². The lowest BCUT2D eigenvalue weighted by Gasteiger charge is -2.17. The first kappa shape index (κ1) is 12.7. The molecule has 1 aromatic rings. The van der Waals surface area contributed by atoms with Crippen LogP contribution in [0, 0.1) is 5.82 Å². The molecular weight excluding hydrogens is 288 g/mol. The Morgan fingerprint density at radius 1 is 1.47 bits per heavy atom. The number of halogens is 3. The van der Waals surface area contributed by atoms with E-state index in [0.717, 1.165) is 6.07 Å². The number of benzene rings is 1. The van der Waals surface area contributed by atoms with Crippen LogP contribution in [0.5, 0.6) is 0 Å². The van der Waals surface area contributed by atoms with Crippen molar-refractivity contribution in [2.45, 2.75) is 12.2 Å². The van der Waals surface area contributed by atoms with E-state index in [1.54, 1.807) is 0 Å². The molecule has 0 amide bonds. The molecular formula is C9H10BrClFNO2. The molecule has 1 rings (SSSR count). The van der Waals surface area contributed by atoms with Gasteiger partial charge in [-0.3, -0.25) is 0 Å². The number of alkyl halides is 1. The van der Waals surface area contributed by atoms with Gasteiger partial charge in [0.15, 0.2) is 0 Å². The number of hydrogen-bond donors (Lipinski definition) is 3. The third-order valence-corrected chi connectivity index (χ3v) is 2.95. The van der Waals surface area contributed by atoms with E-state index >= 15 is 0 Å². The van der Waals surface area contributed by atoms with Crippen LogP contribution in [0.2, 0.25) is 5.02 Å².